The van der Waals surface area contributed by atoms with Crippen LogP contribution in [0.5, 0.6) is 0 Å². The van der Waals surface area contributed by atoms with E-state index >= 15 is 0 Å². The summed E-state index contributed by atoms with van der Waals surface area (Å²) in [5.74, 6) is 0. The lowest BCUT2D eigenvalue weighted by molar-refractivity contribution is -0.0659. The number of hydrogen-bond acceptors (Lipinski definition) is 5. The normalized spacial score (nSPS) is 19.8. The molecule has 1 aliphatic heterocycles. The van der Waals surface area contributed by atoms with Crippen LogP contribution in [-0.2, 0) is 9.53 Å². The number of carbonyl (C=O) groups is 1. The minimum atomic E-state index is -0.494. The highest BCUT2D eigenvalue weighted by molar-refractivity contribution is 5.85. The molecule has 0 aliphatic carbocycles. The number of carbonyl (C=O) groups excluding carboxylic acids is 2. The Hall–Kier alpha value is -2.17. The Bertz CT molecular complexity index is 688. The average molecular weight is 345 g/mol. The number of hydrogen-bond donors (Lipinski definition) is 1. The molecule has 1 fully saturated rings. The van der Waals surface area contributed by atoms with Gasteiger partial charge in [0.05, 0.1) is 5.69 Å². The van der Waals surface area contributed by atoms with E-state index in [1.54, 1.807) is 18.2 Å². The maximum absolute atomic E-state index is 12.3. The predicted octanol–water partition coefficient (Wildman–Crippen LogP) is 4.16. The van der Waals surface area contributed by atoms with Gasteiger partial charge in [-0.2, -0.15) is 4.99 Å². The molecule has 0 radical (unpaired) electrons. The number of aliphatic imine (C=N–C) groups is 1. The van der Waals surface area contributed by atoms with Crippen LogP contribution in [0.2, 0.25) is 0 Å². The first-order valence-corrected chi connectivity index (χ1v) is 8.45. The number of isocyanates is 1. The molecule has 0 unspecified atom stereocenters. The molecule has 0 saturated carbocycles. The molecule has 0 bridgehead atoms. The summed E-state index contributed by atoms with van der Waals surface area (Å²) < 4.78 is 5.66. The van der Waals surface area contributed by atoms with Crippen LogP contribution in [0.4, 0.5) is 16.2 Å². The van der Waals surface area contributed by atoms with Gasteiger partial charge < -0.3 is 4.74 Å². The van der Waals surface area contributed by atoms with Gasteiger partial charge in [0.15, 0.2) is 0 Å². The Labute approximate surface area is 149 Å². The van der Waals surface area contributed by atoms with Crippen molar-refractivity contribution in [2.24, 2.45) is 4.99 Å². The summed E-state index contributed by atoms with van der Waals surface area (Å²) in [6, 6.07) is 5.17. The average Bonchev–Trinajstić information content (AvgIpc) is 2.47. The van der Waals surface area contributed by atoms with Gasteiger partial charge in [0.25, 0.3) is 0 Å². The maximum atomic E-state index is 12.3. The second kappa shape index (κ2) is 6.98. The molecule has 25 heavy (non-hydrogen) atoms. The molecule has 0 aromatic heterocycles. The molecule has 2 rings (SSSR count). The van der Waals surface area contributed by atoms with Gasteiger partial charge >= 0.3 is 6.09 Å². The lowest BCUT2D eigenvalue weighted by Crippen LogP contribution is -2.60. The topological polar surface area (TPSA) is 71.0 Å². The van der Waals surface area contributed by atoms with Gasteiger partial charge in [0.2, 0.25) is 6.08 Å². The number of amides is 1. The van der Waals surface area contributed by atoms with Crippen molar-refractivity contribution in [3.63, 3.8) is 0 Å². The zero-order valence-corrected chi connectivity index (χ0v) is 15.8. The SMILES string of the molecule is Cc1ccc(NC(=O)OC2CC(C)(C)N(C)C(C)(C)C2)cc1N=C=O. The van der Waals surface area contributed by atoms with Crippen molar-refractivity contribution in [2.75, 3.05) is 12.4 Å². The van der Waals surface area contributed by atoms with Crippen LogP contribution in [0.1, 0.15) is 46.1 Å². The summed E-state index contributed by atoms with van der Waals surface area (Å²) in [4.78, 5) is 28.7. The first-order chi connectivity index (χ1) is 11.5. The molecule has 6 heteroatoms. The van der Waals surface area contributed by atoms with E-state index in [0.717, 1.165) is 18.4 Å². The van der Waals surface area contributed by atoms with Crippen molar-refractivity contribution >= 4 is 23.5 Å². The largest absolute Gasteiger partial charge is 0.446 e. The van der Waals surface area contributed by atoms with Gasteiger partial charge in [-0.05, 0) is 59.4 Å². The van der Waals surface area contributed by atoms with E-state index in [1.807, 2.05) is 6.92 Å². The second-order valence-corrected chi connectivity index (χ2v) is 7.95. The molecule has 1 aliphatic rings. The third kappa shape index (κ3) is 4.47. The summed E-state index contributed by atoms with van der Waals surface area (Å²) in [5.41, 5.74) is 1.75. The van der Waals surface area contributed by atoms with Crippen LogP contribution in [0.25, 0.3) is 0 Å². The number of rotatable bonds is 3. The standard InChI is InChI=1S/C19H27N3O3/c1-13-7-8-14(9-16(13)20-12-23)21-17(24)25-15-10-18(2,3)22(6)19(4,5)11-15/h7-9,15H,10-11H2,1-6H3,(H,21,24). The van der Waals surface area contributed by atoms with Crippen molar-refractivity contribution in [1.82, 2.24) is 4.90 Å². The van der Waals surface area contributed by atoms with Crippen molar-refractivity contribution in [3.8, 4) is 0 Å². The minimum absolute atomic E-state index is 0.0532. The van der Waals surface area contributed by atoms with Crippen LogP contribution >= 0.6 is 0 Å². The van der Waals surface area contributed by atoms with Crippen LogP contribution in [0, 0.1) is 6.92 Å². The highest BCUT2D eigenvalue weighted by atomic mass is 16.6. The van der Waals surface area contributed by atoms with Crippen LogP contribution in [0.15, 0.2) is 23.2 Å². The molecule has 1 aromatic carbocycles. The van der Waals surface area contributed by atoms with Crippen LogP contribution < -0.4 is 5.32 Å². The fraction of sp³-hybridized carbons (Fsp3) is 0.579. The third-order valence-corrected chi connectivity index (χ3v) is 5.17. The lowest BCUT2D eigenvalue weighted by Gasteiger charge is -2.53. The van der Waals surface area contributed by atoms with Gasteiger partial charge in [-0.25, -0.2) is 9.59 Å². The summed E-state index contributed by atoms with van der Waals surface area (Å²) >= 11 is 0. The molecule has 0 atom stereocenters. The number of nitrogens with zero attached hydrogens (tertiary/aromatic N) is 2. The molecule has 136 valence electrons. The van der Waals surface area contributed by atoms with Crippen molar-refractivity contribution in [2.45, 2.75) is 64.6 Å². The van der Waals surface area contributed by atoms with Gasteiger partial charge in [0, 0.05) is 29.6 Å². The van der Waals surface area contributed by atoms with Crippen molar-refractivity contribution in [1.29, 1.82) is 0 Å². The Morgan fingerprint density at radius 1 is 1.28 bits per heavy atom. The number of nitrogens with one attached hydrogen (secondary N) is 1. The highest BCUT2D eigenvalue weighted by Crippen LogP contribution is 2.38. The zero-order chi connectivity index (χ0) is 18.8. The van der Waals surface area contributed by atoms with Crippen LogP contribution in [-0.4, -0.2) is 41.3 Å². The molecule has 1 aromatic rings. The summed E-state index contributed by atoms with van der Waals surface area (Å²) in [6.07, 6.45) is 2.42. The Morgan fingerprint density at radius 3 is 2.44 bits per heavy atom. The Morgan fingerprint density at radius 2 is 1.88 bits per heavy atom. The maximum Gasteiger partial charge on any atom is 0.411 e. The fourth-order valence-electron chi connectivity index (χ4n) is 3.52. The second-order valence-electron chi connectivity index (χ2n) is 7.95. The fourth-order valence-corrected chi connectivity index (χ4v) is 3.52. The van der Waals surface area contributed by atoms with E-state index in [9.17, 15) is 9.59 Å². The summed E-state index contributed by atoms with van der Waals surface area (Å²) in [6.45, 7) is 10.5. The number of aryl methyl sites for hydroxylation is 1. The number of piperidine rings is 1. The molecule has 1 heterocycles. The Kier molecular flexibility index (Phi) is 5.35. The Balaban J connectivity index is 2.05. The smallest absolute Gasteiger partial charge is 0.411 e. The molecule has 1 N–H and O–H groups in total. The van der Waals surface area contributed by atoms with E-state index < -0.39 is 6.09 Å². The quantitative estimate of drug-likeness (QED) is 0.659. The van der Waals surface area contributed by atoms with E-state index in [1.165, 1.54) is 6.08 Å². The number of benzene rings is 1. The molecule has 1 amide bonds. The first-order valence-electron chi connectivity index (χ1n) is 8.45. The van der Waals surface area contributed by atoms with Gasteiger partial charge in [0.1, 0.15) is 6.10 Å². The molecule has 6 nitrogen and oxygen atoms in total. The van der Waals surface area contributed by atoms with E-state index in [2.05, 4.69) is 50.0 Å². The zero-order valence-electron chi connectivity index (χ0n) is 15.8. The minimum Gasteiger partial charge on any atom is -0.446 e. The third-order valence-electron chi connectivity index (χ3n) is 5.17. The summed E-state index contributed by atoms with van der Waals surface area (Å²) in [5, 5.41) is 2.72. The molecule has 1 saturated heterocycles. The van der Waals surface area contributed by atoms with E-state index in [-0.39, 0.29) is 17.2 Å². The number of likely N-dealkylation sites (tertiary alicyclic amines) is 1. The van der Waals surface area contributed by atoms with Gasteiger partial charge in [-0.15, -0.1) is 0 Å². The molecule has 0 spiro atoms. The number of anilines is 1. The van der Waals surface area contributed by atoms with Crippen molar-refractivity contribution in [3.05, 3.63) is 23.8 Å². The first kappa shape index (κ1) is 19.2. The number of ether oxygens (including phenoxy) is 1. The molecular formula is C19H27N3O3. The van der Waals surface area contributed by atoms with Gasteiger partial charge in [-0.3, -0.25) is 10.2 Å². The van der Waals surface area contributed by atoms with Crippen LogP contribution in [0.3, 0.4) is 0 Å². The monoisotopic (exact) mass is 345 g/mol. The molecular weight excluding hydrogens is 318 g/mol. The summed E-state index contributed by atoms with van der Waals surface area (Å²) in [7, 11) is 2.11. The lowest BCUT2D eigenvalue weighted by atomic mass is 9.79. The van der Waals surface area contributed by atoms with Gasteiger partial charge in [-0.1, -0.05) is 6.07 Å². The predicted molar refractivity (Wildman–Crippen MR) is 98.0 cm³/mol. The highest BCUT2D eigenvalue weighted by Gasteiger charge is 2.44. The van der Waals surface area contributed by atoms with E-state index in [4.69, 9.17) is 4.74 Å². The van der Waals surface area contributed by atoms with Crippen molar-refractivity contribution < 1.29 is 14.3 Å². The van der Waals surface area contributed by atoms with E-state index in [0.29, 0.717) is 11.4 Å².